The fraction of sp³-hybridized carbons (Fsp3) is 0.455. The number of esters is 1. The zero-order chi connectivity index (χ0) is 15.3. The van der Waals surface area contributed by atoms with Crippen molar-refractivity contribution >= 4 is 17.6 Å². The fourth-order valence-electron chi connectivity index (χ4n) is 1.36. The van der Waals surface area contributed by atoms with Crippen LogP contribution in [0.25, 0.3) is 0 Å². The Labute approximate surface area is 117 Å². The molecule has 0 fully saturated rings. The van der Waals surface area contributed by atoms with Gasteiger partial charge in [0.2, 0.25) is 0 Å². The Morgan fingerprint density at radius 3 is 2.65 bits per heavy atom. The van der Waals surface area contributed by atoms with Gasteiger partial charge in [0, 0.05) is 6.07 Å². The molecule has 0 bridgehead atoms. The van der Waals surface area contributed by atoms with Crippen LogP contribution < -0.4 is 4.74 Å². The number of aromatic hydroxyl groups is 1. The van der Waals surface area contributed by atoms with Gasteiger partial charge >= 0.3 is 12.3 Å². The summed E-state index contributed by atoms with van der Waals surface area (Å²) in [6.07, 6.45) is -5.47. The number of aromatic nitrogens is 1. The van der Waals surface area contributed by atoms with E-state index in [4.69, 9.17) is 11.6 Å². The van der Waals surface area contributed by atoms with E-state index in [2.05, 4.69) is 14.5 Å². The monoisotopic (exact) mass is 313 g/mol. The molecule has 112 valence electrons. The number of alkyl halides is 4. The smallest absolute Gasteiger partial charge is 0.503 e. The van der Waals surface area contributed by atoms with Gasteiger partial charge < -0.3 is 14.6 Å². The Morgan fingerprint density at radius 1 is 1.50 bits per heavy atom. The maximum absolute atomic E-state index is 12.2. The second-order valence-electron chi connectivity index (χ2n) is 3.57. The summed E-state index contributed by atoms with van der Waals surface area (Å²) < 4.78 is 44.9. The molecule has 0 saturated heterocycles. The summed E-state index contributed by atoms with van der Waals surface area (Å²) in [6, 6.07) is 0.852. The van der Waals surface area contributed by atoms with Gasteiger partial charge in [0.15, 0.2) is 11.5 Å². The molecule has 9 heteroatoms. The van der Waals surface area contributed by atoms with E-state index in [0.717, 1.165) is 6.07 Å². The lowest BCUT2D eigenvalue weighted by Gasteiger charge is -2.13. The lowest BCUT2D eigenvalue weighted by molar-refractivity contribution is -0.275. The zero-order valence-corrected chi connectivity index (χ0v) is 11.1. The summed E-state index contributed by atoms with van der Waals surface area (Å²) in [4.78, 5) is 15.1. The van der Waals surface area contributed by atoms with Gasteiger partial charge in [-0.05, 0) is 6.92 Å². The van der Waals surface area contributed by atoms with Crippen molar-refractivity contribution in [1.82, 2.24) is 4.98 Å². The molecule has 0 aliphatic carbocycles. The molecule has 0 aromatic carbocycles. The van der Waals surface area contributed by atoms with Crippen LogP contribution in [0.3, 0.4) is 0 Å². The minimum absolute atomic E-state index is 0.0306. The van der Waals surface area contributed by atoms with Crippen LogP contribution in [-0.2, 0) is 21.8 Å². The van der Waals surface area contributed by atoms with Crippen LogP contribution in [0.4, 0.5) is 13.2 Å². The van der Waals surface area contributed by atoms with Gasteiger partial charge in [0.05, 0.1) is 30.3 Å². The number of hydrogen-bond acceptors (Lipinski definition) is 5. The van der Waals surface area contributed by atoms with Crippen LogP contribution in [0.5, 0.6) is 11.5 Å². The predicted molar refractivity (Wildman–Crippen MR) is 62.5 cm³/mol. The van der Waals surface area contributed by atoms with Gasteiger partial charge in [-0.25, -0.2) is 0 Å². The standard InChI is InChI=1S/C11H11ClF3NO4/c1-2-19-9(17)4-7-10(18)8(20-11(13,14)15)3-6(5-12)16-7/h3,18H,2,4-5H2,1H3. The van der Waals surface area contributed by atoms with E-state index in [1.807, 2.05) is 0 Å². The number of halogens is 4. The zero-order valence-electron chi connectivity index (χ0n) is 10.3. The molecule has 1 aromatic rings. The number of nitrogens with zero attached hydrogens (tertiary/aromatic N) is 1. The highest BCUT2D eigenvalue weighted by molar-refractivity contribution is 6.16. The molecule has 0 aliphatic heterocycles. The summed E-state index contributed by atoms with van der Waals surface area (Å²) in [6.45, 7) is 1.67. The highest BCUT2D eigenvalue weighted by atomic mass is 35.5. The first kappa shape index (κ1) is 16.4. The third-order valence-electron chi connectivity index (χ3n) is 2.06. The van der Waals surface area contributed by atoms with Crippen LogP contribution in [0, 0.1) is 0 Å². The minimum atomic E-state index is -4.98. The van der Waals surface area contributed by atoms with Crippen molar-refractivity contribution in [2.75, 3.05) is 6.61 Å². The SMILES string of the molecule is CCOC(=O)Cc1nc(CCl)cc(OC(F)(F)F)c1O. The number of rotatable bonds is 5. The highest BCUT2D eigenvalue weighted by Crippen LogP contribution is 2.34. The Hall–Kier alpha value is -1.70. The van der Waals surface area contributed by atoms with Gasteiger partial charge in [-0.15, -0.1) is 24.8 Å². The van der Waals surface area contributed by atoms with Crippen LogP contribution in [0.15, 0.2) is 6.07 Å². The molecule has 1 heterocycles. The largest absolute Gasteiger partial charge is 0.573 e. The van der Waals surface area contributed by atoms with Crippen molar-refractivity contribution in [2.45, 2.75) is 25.6 Å². The van der Waals surface area contributed by atoms with E-state index in [-0.39, 0.29) is 23.9 Å². The average molecular weight is 314 g/mol. The van der Waals surface area contributed by atoms with Gasteiger partial charge in [0.1, 0.15) is 0 Å². The third kappa shape index (κ3) is 4.76. The van der Waals surface area contributed by atoms with E-state index < -0.39 is 30.3 Å². The molecule has 1 rings (SSSR count). The maximum atomic E-state index is 12.2. The molecular weight excluding hydrogens is 303 g/mol. The Bertz CT molecular complexity index is 493. The van der Waals surface area contributed by atoms with E-state index in [1.54, 1.807) is 6.92 Å². The van der Waals surface area contributed by atoms with Crippen molar-refractivity contribution in [1.29, 1.82) is 0 Å². The molecule has 0 saturated carbocycles. The Balaban J connectivity index is 3.10. The number of carbonyl (C=O) groups is 1. The van der Waals surface area contributed by atoms with Crippen molar-refractivity contribution in [3.8, 4) is 11.5 Å². The van der Waals surface area contributed by atoms with Crippen LogP contribution in [0.1, 0.15) is 18.3 Å². The summed E-state index contributed by atoms with van der Waals surface area (Å²) in [7, 11) is 0. The van der Waals surface area contributed by atoms with Crippen LogP contribution in [-0.4, -0.2) is 29.0 Å². The lowest BCUT2D eigenvalue weighted by atomic mass is 10.2. The second kappa shape index (κ2) is 6.65. The molecule has 0 aliphatic rings. The fourth-order valence-corrected chi connectivity index (χ4v) is 1.50. The number of pyridine rings is 1. The molecule has 1 N–H and O–H groups in total. The van der Waals surface area contributed by atoms with E-state index in [9.17, 15) is 23.1 Å². The van der Waals surface area contributed by atoms with Crippen LogP contribution in [0.2, 0.25) is 0 Å². The molecule has 0 radical (unpaired) electrons. The number of hydrogen-bond donors (Lipinski definition) is 1. The van der Waals surface area contributed by atoms with Crippen molar-refractivity contribution < 1.29 is 32.5 Å². The Morgan fingerprint density at radius 2 is 2.15 bits per heavy atom. The van der Waals surface area contributed by atoms with Gasteiger partial charge in [-0.1, -0.05) is 0 Å². The summed E-state index contributed by atoms with van der Waals surface area (Å²) in [5.41, 5.74) is -0.260. The maximum Gasteiger partial charge on any atom is 0.573 e. The summed E-state index contributed by atoms with van der Waals surface area (Å²) in [5, 5.41) is 9.65. The Kier molecular flexibility index (Phi) is 5.43. The first-order valence-electron chi connectivity index (χ1n) is 5.46. The molecular formula is C11H11ClF3NO4. The second-order valence-corrected chi connectivity index (χ2v) is 3.84. The first-order valence-corrected chi connectivity index (χ1v) is 5.99. The number of carbonyl (C=O) groups excluding carboxylic acids is 1. The predicted octanol–water partition coefficient (Wildman–Crippen LogP) is 2.53. The molecule has 0 unspecified atom stereocenters. The average Bonchev–Trinajstić information content (AvgIpc) is 2.32. The topological polar surface area (TPSA) is 68.7 Å². The van der Waals surface area contributed by atoms with Gasteiger partial charge in [-0.2, -0.15) is 0 Å². The quantitative estimate of drug-likeness (QED) is 0.668. The molecule has 20 heavy (non-hydrogen) atoms. The van der Waals surface area contributed by atoms with Crippen LogP contribution >= 0.6 is 11.6 Å². The molecule has 0 atom stereocenters. The summed E-state index contributed by atoms with van der Waals surface area (Å²) in [5.74, 6) is -2.67. The highest BCUT2D eigenvalue weighted by Gasteiger charge is 2.33. The van der Waals surface area contributed by atoms with Crippen molar-refractivity contribution in [2.24, 2.45) is 0 Å². The van der Waals surface area contributed by atoms with E-state index in [0.29, 0.717) is 0 Å². The van der Waals surface area contributed by atoms with E-state index >= 15 is 0 Å². The van der Waals surface area contributed by atoms with Gasteiger partial charge in [0.25, 0.3) is 0 Å². The van der Waals surface area contributed by atoms with E-state index in [1.165, 1.54) is 0 Å². The number of ether oxygens (including phenoxy) is 2. The molecule has 5 nitrogen and oxygen atoms in total. The van der Waals surface area contributed by atoms with Crippen molar-refractivity contribution in [3.05, 3.63) is 17.5 Å². The molecule has 1 aromatic heterocycles. The molecule has 0 spiro atoms. The lowest BCUT2D eigenvalue weighted by Crippen LogP contribution is -2.18. The molecule has 0 amide bonds. The minimum Gasteiger partial charge on any atom is -0.503 e. The first-order chi connectivity index (χ1) is 9.26. The van der Waals surface area contributed by atoms with Crippen molar-refractivity contribution in [3.63, 3.8) is 0 Å². The normalized spacial score (nSPS) is 11.2. The third-order valence-corrected chi connectivity index (χ3v) is 2.34. The summed E-state index contributed by atoms with van der Waals surface area (Å²) >= 11 is 5.50. The van der Waals surface area contributed by atoms with Gasteiger partial charge in [-0.3, -0.25) is 9.78 Å².